The van der Waals surface area contributed by atoms with Crippen molar-refractivity contribution in [2.45, 2.75) is 33.1 Å². The molecule has 86 valence electrons. The summed E-state index contributed by atoms with van der Waals surface area (Å²) >= 11 is 0. The number of nitrogens with one attached hydrogen (secondary N) is 2. The van der Waals surface area contributed by atoms with E-state index in [0.29, 0.717) is 5.82 Å². The topological polar surface area (TPSA) is 57.8 Å². The Morgan fingerprint density at radius 3 is 2.88 bits per heavy atom. The van der Waals surface area contributed by atoms with Gasteiger partial charge in [-0.25, -0.2) is 0 Å². The summed E-state index contributed by atoms with van der Waals surface area (Å²) in [6.07, 6.45) is 6.99. The van der Waals surface area contributed by atoms with E-state index in [0.717, 1.165) is 30.5 Å². The molecule has 0 saturated carbocycles. The Hall–Kier alpha value is -1.58. The minimum atomic E-state index is 0.0824. The normalized spacial score (nSPS) is 19.8. The van der Waals surface area contributed by atoms with Gasteiger partial charge in [0.05, 0.1) is 0 Å². The Kier molecular flexibility index (Phi) is 3.08. The molecular formula is C12H17N3O. The van der Waals surface area contributed by atoms with Gasteiger partial charge in [0.15, 0.2) is 5.82 Å². The summed E-state index contributed by atoms with van der Waals surface area (Å²) in [4.78, 5) is 11.9. The van der Waals surface area contributed by atoms with Crippen molar-refractivity contribution in [1.82, 2.24) is 10.2 Å². The molecule has 0 fully saturated rings. The number of carbonyl (C=O) groups is 1. The third-order valence-electron chi connectivity index (χ3n) is 3.13. The summed E-state index contributed by atoms with van der Waals surface area (Å²) in [6, 6.07) is 0. The summed E-state index contributed by atoms with van der Waals surface area (Å²) in [5.41, 5.74) is 2.01. The fourth-order valence-electron chi connectivity index (χ4n) is 1.86. The van der Waals surface area contributed by atoms with Gasteiger partial charge in [-0.3, -0.25) is 9.89 Å². The highest BCUT2D eigenvalue weighted by atomic mass is 16.1. The summed E-state index contributed by atoms with van der Waals surface area (Å²) in [7, 11) is 0. The zero-order valence-corrected chi connectivity index (χ0v) is 9.71. The molecule has 1 aliphatic rings. The first-order chi connectivity index (χ1) is 7.68. The number of H-pyrrole nitrogens is 1. The molecule has 0 aliphatic heterocycles. The number of aromatic nitrogens is 2. The van der Waals surface area contributed by atoms with Crippen LogP contribution in [-0.2, 0) is 4.79 Å². The number of rotatable bonds is 2. The third kappa shape index (κ3) is 2.15. The summed E-state index contributed by atoms with van der Waals surface area (Å²) in [6.45, 7) is 3.90. The van der Waals surface area contributed by atoms with Crippen LogP contribution in [0.2, 0.25) is 0 Å². The lowest BCUT2D eigenvalue weighted by Crippen LogP contribution is -2.24. The van der Waals surface area contributed by atoms with Crippen LogP contribution >= 0.6 is 0 Å². The average molecular weight is 219 g/mol. The number of amides is 1. The maximum Gasteiger partial charge on any atom is 0.229 e. The van der Waals surface area contributed by atoms with Crippen molar-refractivity contribution in [3.05, 3.63) is 23.4 Å². The number of aromatic amines is 1. The molecule has 2 N–H and O–H groups in total. The van der Waals surface area contributed by atoms with Crippen LogP contribution in [0.25, 0.3) is 0 Å². The molecule has 16 heavy (non-hydrogen) atoms. The molecule has 4 heteroatoms. The molecule has 1 unspecified atom stereocenters. The zero-order chi connectivity index (χ0) is 11.5. The Labute approximate surface area is 95.1 Å². The van der Waals surface area contributed by atoms with Gasteiger partial charge in [-0.15, -0.1) is 0 Å². The smallest absolute Gasteiger partial charge is 0.229 e. The highest BCUT2D eigenvalue weighted by molar-refractivity contribution is 5.92. The van der Waals surface area contributed by atoms with E-state index in [1.807, 2.05) is 13.8 Å². The second-order valence-corrected chi connectivity index (χ2v) is 4.29. The van der Waals surface area contributed by atoms with Gasteiger partial charge < -0.3 is 5.32 Å². The van der Waals surface area contributed by atoms with Crippen molar-refractivity contribution in [3.63, 3.8) is 0 Å². The Morgan fingerprint density at radius 1 is 1.50 bits per heavy atom. The van der Waals surface area contributed by atoms with Crippen molar-refractivity contribution in [3.8, 4) is 0 Å². The predicted octanol–water partition coefficient (Wildman–Crippen LogP) is 2.32. The standard InChI is InChI=1S/C12H17N3O/c1-8-9(2)14-15-11(8)13-12(16)10-6-4-3-5-7-10/h3-4,10H,5-7H2,1-2H3,(H2,13,14,15,16). The van der Waals surface area contributed by atoms with E-state index >= 15 is 0 Å². The molecule has 1 aliphatic carbocycles. The number of hydrogen-bond acceptors (Lipinski definition) is 2. The van der Waals surface area contributed by atoms with Crippen LogP contribution in [0, 0.1) is 19.8 Å². The van der Waals surface area contributed by atoms with Gasteiger partial charge in [0, 0.05) is 17.2 Å². The number of nitrogens with zero attached hydrogens (tertiary/aromatic N) is 1. The second kappa shape index (κ2) is 4.51. The first-order valence-corrected chi connectivity index (χ1v) is 5.66. The first kappa shape index (κ1) is 10.9. The molecule has 1 aromatic heterocycles. The summed E-state index contributed by atoms with van der Waals surface area (Å²) in [5.74, 6) is 0.845. The van der Waals surface area contributed by atoms with Crippen LogP contribution in [0.4, 0.5) is 5.82 Å². The van der Waals surface area contributed by atoms with Gasteiger partial charge >= 0.3 is 0 Å². The number of allylic oxidation sites excluding steroid dienone is 2. The monoisotopic (exact) mass is 219 g/mol. The van der Waals surface area contributed by atoms with E-state index in [2.05, 4.69) is 27.7 Å². The van der Waals surface area contributed by atoms with Crippen molar-refractivity contribution in [2.24, 2.45) is 5.92 Å². The quantitative estimate of drug-likeness (QED) is 0.750. The van der Waals surface area contributed by atoms with Crippen LogP contribution < -0.4 is 5.32 Å². The van der Waals surface area contributed by atoms with E-state index in [-0.39, 0.29) is 11.8 Å². The van der Waals surface area contributed by atoms with E-state index in [4.69, 9.17) is 0 Å². The maximum absolute atomic E-state index is 11.9. The van der Waals surface area contributed by atoms with Gasteiger partial charge in [0.2, 0.25) is 5.91 Å². The van der Waals surface area contributed by atoms with Gasteiger partial charge in [-0.05, 0) is 33.1 Å². The van der Waals surface area contributed by atoms with E-state index in [1.54, 1.807) is 0 Å². The highest BCUT2D eigenvalue weighted by Gasteiger charge is 2.20. The predicted molar refractivity (Wildman–Crippen MR) is 63.2 cm³/mol. The molecule has 1 atom stereocenters. The molecule has 4 nitrogen and oxygen atoms in total. The molecule has 1 heterocycles. The van der Waals surface area contributed by atoms with E-state index < -0.39 is 0 Å². The minimum Gasteiger partial charge on any atom is -0.309 e. The van der Waals surface area contributed by atoms with Gasteiger partial charge in [0.25, 0.3) is 0 Å². The largest absolute Gasteiger partial charge is 0.309 e. The fraction of sp³-hybridized carbons (Fsp3) is 0.500. The van der Waals surface area contributed by atoms with Crippen molar-refractivity contribution >= 4 is 11.7 Å². The molecule has 1 aromatic rings. The van der Waals surface area contributed by atoms with E-state index in [1.165, 1.54) is 0 Å². The van der Waals surface area contributed by atoms with Gasteiger partial charge in [0.1, 0.15) is 0 Å². The minimum absolute atomic E-state index is 0.0824. The number of carbonyl (C=O) groups excluding carboxylic acids is 1. The van der Waals surface area contributed by atoms with Crippen LogP contribution in [0.3, 0.4) is 0 Å². The summed E-state index contributed by atoms with van der Waals surface area (Å²) < 4.78 is 0. The lowest BCUT2D eigenvalue weighted by molar-refractivity contribution is -0.120. The summed E-state index contributed by atoms with van der Waals surface area (Å²) in [5, 5.41) is 9.83. The molecule has 1 amide bonds. The molecule has 0 saturated heterocycles. The third-order valence-corrected chi connectivity index (χ3v) is 3.13. The number of hydrogen-bond donors (Lipinski definition) is 2. The van der Waals surface area contributed by atoms with E-state index in [9.17, 15) is 4.79 Å². The van der Waals surface area contributed by atoms with Crippen LogP contribution in [0.1, 0.15) is 30.5 Å². The highest BCUT2D eigenvalue weighted by Crippen LogP contribution is 2.21. The van der Waals surface area contributed by atoms with Gasteiger partial charge in [-0.2, -0.15) is 5.10 Å². The van der Waals surface area contributed by atoms with Gasteiger partial charge in [-0.1, -0.05) is 12.2 Å². The molecule has 0 radical (unpaired) electrons. The number of aryl methyl sites for hydroxylation is 1. The zero-order valence-electron chi connectivity index (χ0n) is 9.71. The Balaban J connectivity index is 2.02. The molecule has 0 bridgehead atoms. The van der Waals surface area contributed by atoms with Crippen LogP contribution in [0.15, 0.2) is 12.2 Å². The SMILES string of the molecule is Cc1[nH]nc(NC(=O)C2CC=CCC2)c1C. The average Bonchev–Trinajstić information content (AvgIpc) is 2.62. The first-order valence-electron chi connectivity index (χ1n) is 5.66. The molecule has 0 spiro atoms. The maximum atomic E-state index is 11.9. The lowest BCUT2D eigenvalue weighted by atomic mass is 9.94. The molecule has 0 aromatic carbocycles. The molecule has 2 rings (SSSR count). The number of anilines is 1. The van der Waals surface area contributed by atoms with Crippen LogP contribution in [-0.4, -0.2) is 16.1 Å². The van der Waals surface area contributed by atoms with Crippen molar-refractivity contribution < 1.29 is 4.79 Å². The molecular weight excluding hydrogens is 202 g/mol. The Morgan fingerprint density at radius 2 is 2.31 bits per heavy atom. The second-order valence-electron chi connectivity index (χ2n) is 4.29. The van der Waals surface area contributed by atoms with Crippen molar-refractivity contribution in [2.75, 3.05) is 5.32 Å². The lowest BCUT2D eigenvalue weighted by Gasteiger charge is -2.16. The Bertz CT molecular complexity index is 420. The van der Waals surface area contributed by atoms with Crippen LogP contribution in [0.5, 0.6) is 0 Å². The van der Waals surface area contributed by atoms with Crippen molar-refractivity contribution in [1.29, 1.82) is 0 Å². The fourth-order valence-corrected chi connectivity index (χ4v) is 1.86.